The number of hydrogen-bond acceptors (Lipinski definition) is 6. The van der Waals surface area contributed by atoms with Crippen LogP contribution in [0.5, 0.6) is 0 Å². The van der Waals surface area contributed by atoms with E-state index in [2.05, 4.69) is 16.4 Å². The summed E-state index contributed by atoms with van der Waals surface area (Å²) in [5.74, 6) is -0.472. The minimum absolute atomic E-state index is 0.000803. The van der Waals surface area contributed by atoms with Gasteiger partial charge in [0.25, 0.3) is 0 Å². The molecule has 0 spiro atoms. The summed E-state index contributed by atoms with van der Waals surface area (Å²) < 4.78 is 4.85. The summed E-state index contributed by atoms with van der Waals surface area (Å²) in [6.07, 6.45) is 0.249. The number of allylic oxidation sites excluding steroid dienone is 1. The van der Waals surface area contributed by atoms with Gasteiger partial charge in [-0.2, -0.15) is 5.53 Å². The summed E-state index contributed by atoms with van der Waals surface area (Å²) in [6.45, 7) is 3.30. The average Bonchev–Trinajstić information content (AvgIpc) is 2.50. The zero-order valence-corrected chi connectivity index (χ0v) is 8.14. The van der Waals surface area contributed by atoms with Gasteiger partial charge in [-0.15, -0.1) is 0 Å². The Bertz CT molecular complexity index is 286. The van der Waals surface area contributed by atoms with Crippen LogP contribution in [0.25, 0.3) is 0 Å². The number of rotatable bonds is 4. The molecule has 1 aliphatic heterocycles. The molecule has 3 N–H and O–H groups in total. The van der Waals surface area contributed by atoms with Gasteiger partial charge in [-0.25, -0.2) is 4.79 Å². The molecular formula is C8H13N3O3. The average molecular weight is 199 g/mol. The van der Waals surface area contributed by atoms with Crippen LogP contribution in [0.2, 0.25) is 0 Å². The fourth-order valence-corrected chi connectivity index (χ4v) is 0.908. The second-order valence-electron chi connectivity index (χ2n) is 2.96. The molecule has 14 heavy (non-hydrogen) atoms. The first kappa shape index (κ1) is 10.5. The smallest absolute Gasteiger partial charge is 0.357 e. The third-order valence-corrected chi connectivity index (χ3v) is 1.70. The maximum atomic E-state index is 11.3. The van der Waals surface area contributed by atoms with E-state index in [1.165, 1.54) is 6.92 Å². The van der Waals surface area contributed by atoms with E-state index in [-0.39, 0.29) is 18.8 Å². The van der Waals surface area contributed by atoms with Crippen molar-refractivity contribution in [3.8, 4) is 0 Å². The first-order valence-corrected chi connectivity index (χ1v) is 4.25. The van der Waals surface area contributed by atoms with Crippen molar-refractivity contribution in [1.82, 2.24) is 16.4 Å². The van der Waals surface area contributed by atoms with Crippen LogP contribution in [0, 0.1) is 0 Å². The number of esters is 1. The Morgan fingerprint density at radius 1 is 1.36 bits per heavy atom. The Balaban J connectivity index is 2.35. The van der Waals surface area contributed by atoms with Crippen LogP contribution >= 0.6 is 0 Å². The lowest BCUT2D eigenvalue weighted by atomic mass is 10.3. The van der Waals surface area contributed by atoms with Gasteiger partial charge in [0.2, 0.25) is 0 Å². The Kier molecular flexibility index (Phi) is 3.47. The molecule has 0 bridgehead atoms. The normalized spacial score (nSPS) is 14.7. The van der Waals surface area contributed by atoms with Gasteiger partial charge in [0.1, 0.15) is 5.78 Å². The van der Waals surface area contributed by atoms with E-state index < -0.39 is 5.97 Å². The molecule has 0 radical (unpaired) electrons. The standard InChI is InChI=1S/C8H13N3O3/c1-5(12)3-4-14-8(13)7-6(2)9-11-10-7/h9-11H,3-4H2,1-2H3. The summed E-state index contributed by atoms with van der Waals surface area (Å²) in [5.41, 5.74) is 8.87. The van der Waals surface area contributed by atoms with Gasteiger partial charge in [0.05, 0.1) is 12.3 Å². The zero-order chi connectivity index (χ0) is 10.6. The molecule has 0 fully saturated rings. The SMILES string of the molecule is CC(=O)CCOC(=O)C1=C(C)NNN1. The highest BCUT2D eigenvalue weighted by Crippen LogP contribution is 2.02. The summed E-state index contributed by atoms with van der Waals surface area (Å²) in [6, 6.07) is 0. The quantitative estimate of drug-likeness (QED) is 0.522. The fourth-order valence-electron chi connectivity index (χ4n) is 0.908. The molecular weight excluding hydrogens is 186 g/mol. The molecule has 78 valence electrons. The van der Waals surface area contributed by atoms with Crippen LogP contribution in [0.1, 0.15) is 20.3 Å². The van der Waals surface area contributed by atoms with E-state index in [4.69, 9.17) is 4.74 Å². The molecule has 0 unspecified atom stereocenters. The number of ketones is 1. The summed E-state index contributed by atoms with van der Waals surface area (Å²) in [5, 5.41) is 0. The Hall–Kier alpha value is -1.56. The van der Waals surface area contributed by atoms with Crippen molar-refractivity contribution in [3.05, 3.63) is 11.4 Å². The predicted molar refractivity (Wildman–Crippen MR) is 48.4 cm³/mol. The zero-order valence-electron chi connectivity index (χ0n) is 8.14. The summed E-state index contributed by atoms with van der Waals surface area (Å²) in [7, 11) is 0. The van der Waals surface area contributed by atoms with Crippen molar-refractivity contribution in [2.24, 2.45) is 0 Å². The number of hydrogen-bond donors (Lipinski definition) is 3. The van der Waals surface area contributed by atoms with Gasteiger partial charge in [-0.3, -0.25) is 10.2 Å². The molecule has 0 saturated heterocycles. The fraction of sp³-hybridized carbons (Fsp3) is 0.500. The molecule has 0 amide bonds. The van der Waals surface area contributed by atoms with E-state index in [9.17, 15) is 9.59 Å². The lowest BCUT2D eigenvalue weighted by molar-refractivity contribution is -0.140. The van der Waals surface area contributed by atoms with Gasteiger partial charge in [-0.1, -0.05) is 0 Å². The minimum atomic E-state index is -0.471. The maximum absolute atomic E-state index is 11.3. The molecule has 0 aromatic carbocycles. The molecule has 1 rings (SSSR count). The van der Waals surface area contributed by atoms with Crippen molar-refractivity contribution in [3.63, 3.8) is 0 Å². The van der Waals surface area contributed by atoms with Crippen LogP contribution in [-0.4, -0.2) is 18.4 Å². The molecule has 1 heterocycles. The van der Waals surface area contributed by atoms with Gasteiger partial charge in [0.15, 0.2) is 5.70 Å². The highest BCUT2D eigenvalue weighted by molar-refractivity contribution is 5.89. The lowest BCUT2D eigenvalue weighted by Gasteiger charge is -2.03. The lowest BCUT2D eigenvalue weighted by Crippen LogP contribution is -2.34. The topological polar surface area (TPSA) is 79.5 Å². The van der Waals surface area contributed by atoms with Crippen LogP contribution in [-0.2, 0) is 14.3 Å². The van der Waals surface area contributed by atoms with Crippen molar-refractivity contribution in [2.75, 3.05) is 6.61 Å². The Labute approximate surface area is 81.6 Å². The third kappa shape index (κ3) is 2.74. The van der Waals surface area contributed by atoms with E-state index in [1.54, 1.807) is 6.92 Å². The van der Waals surface area contributed by atoms with Crippen LogP contribution in [0.4, 0.5) is 0 Å². The first-order valence-electron chi connectivity index (χ1n) is 4.25. The van der Waals surface area contributed by atoms with Crippen molar-refractivity contribution >= 4 is 11.8 Å². The molecule has 0 aliphatic carbocycles. The van der Waals surface area contributed by atoms with Crippen LogP contribution in [0.3, 0.4) is 0 Å². The van der Waals surface area contributed by atoms with Crippen molar-refractivity contribution < 1.29 is 14.3 Å². The number of hydrazine groups is 2. The van der Waals surface area contributed by atoms with E-state index in [0.717, 1.165) is 0 Å². The second kappa shape index (κ2) is 4.61. The van der Waals surface area contributed by atoms with Crippen LogP contribution in [0.15, 0.2) is 11.4 Å². The van der Waals surface area contributed by atoms with E-state index >= 15 is 0 Å². The largest absolute Gasteiger partial charge is 0.460 e. The third-order valence-electron chi connectivity index (χ3n) is 1.70. The number of carbonyl (C=O) groups is 2. The first-order chi connectivity index (χ1) is 6.61. The summed E-state index contributed by atoms with van der Waals surface area (Å²) >= 11 is 0. The number of ether oxygens (including phenoxy) is 1. The molecule has 0 aromatic heterocycles. The van der Waals surface area contributed by atoms with Crippen LogP contribution < -0.4 is 16.4 Å². The highest BCUT2D eigenvalue weighted by atomic mass is 16.5. The second-order valence-corrected chi connectivity index (χ2v) is 2.96. The predicted octanol–water partition coefficient (Wildman–Crippen LogP) is -0.647. The Morgan fingerprint density at radius 3 is 2.57 bits per heavy atom. The van der Waals surface area contributed by atoms with E-state index in [1.807, 2.05) is 0 Å². The summed E-state index contributed by atoms with van der Waals surface area (Å²) in [4.78, 5) is 21.9. The number of Topliss-reactive ketones (excluding diaryl/α,β-unsaturated/α-hetero) is 1. The van der Waals surface area contributed by atoms with Crippen molar-refractivity contribution in [2.45, 2.75) is 20.3 Å². The maximum Gasteiger partial charge on any atom is 0.357 e. The molecule has 6 heteroatoms. The number of carbonyl (C=O) groups excluding carboxylic acids is 2. The molecule has 1 aliphatic rings. The van der Waals surface area contributed by atoms with Gasteiger partial charge < -0.3 is 10.2 Å². The van der Waals surface area contributed by atoms with Gasteiger partial charge in [0, 0.05) is 6.42 Å². The Morgan fingerprint density at radius 2 is 2.07 bits per heavy atom. The van der Waals surface area contributed by atoms with Gasteiger partial charge in [-0.05, 0) is 13.8 Å². The molecule has 0 aromatic rings. The highest BCUT2D eigenvalue weighted by Gasteiger charge is 2.18. The molecule has 0 saturated carbocycles. The number of nitrogens with one attached hydrogen (secondary N) is 3. The minimum Gasteiger partial charge on any atom is -0.460 e. The van der Waals surface area contributed by atoms with Gasteiger partial charge >= 0.3 is 5.97 Å². The monoisotopic (exact) mass is 199 g/mol. The van der Waals surface area contributed by atoms with E-state index in [0.29, 0.717) is 11.4 Å². The molecule has 6 nitrogen and oxygen atoms in total. The van der Waals surface area contributed by atoms with Crippen molar-refractivity contribution in [1.29, 1.82) is 0 Å². The molecule has 0 atom stereocenters.